The van der Waals surface area contributed by atoms with Gasteiger partial charge in [-0.2, -0.15) is 0 Å². The molecule has 3 saturated heterocycles. The Kier molecular flexibility index (Phi) is 9.57. The van der Waals surface area contributed by atoms with E-state index in [9.17, 15) is 19.5 Å². The van der Waals surface area contributed by atoms with E-state index in [0.29, 0.717) is 45.4 Å². The highest BCUT2D eigenvalue weighted by atomic mass is 79.9. The first-order chi connectivity index (χ1) is 19.0. The monoisotopic (exact) mass is 631 g/mol. The molecule has 9 heteroatoms. The van der Waals surface area contributed by atoms with Crippen molar-refractivity contribution in [3.8, 4) is 0 Å². The van der Waals surface area contributed by atoms with E-state index in [1.54, 1.807) is 38.6 Å². The molecule has 1 aromatic carbocycles. The summed E-state index contributed by atoms with van der Waals surface area (Å²) < 4.78 is -0.705. The third-order valence-electron chi connectivity index (χ3n) is 8.38. The van der Waals surface area contributed by atoms with E-state index < -0.39 is 28.2 Å². The summed E-state index contributed by atoms with van der Waals surface area (Å²) in [6.45, 7) is 15.3. The quantitative estimate of drug-likeness (QED) is 0.212. The Labute approximate surface area is 251 Å². The van der Waals surface area contributed by atoms with Crippen molar-refractivity contribution in [3.05, 3.63) is 61.2 Å². The maximum Gasteiger partial charge on any atom is 0.247 e. The molecule has 40 heavy (non-hydrogen) atoms. The van der Waals surface area contributed by atoms with Crippen molar-refractivity contribution in [2.24, 2.45) is 11.8 Å². The maximum absolute atomic E-state index is 14.5. The second-order valence-corrected chi connectivity index (χ2v) is 14.7. The van der Waals surface area contributed by atoms with Crippen LogP contribution in [0.4, 0.5) is 0 Å². The summed E-state index contributed by atoms with van der Waals surface area (Å²) in [5.41, 5.74) is 0.542. The summed E-state index contributed by atoms with van der Waals surface area (Å²) in [4.78, 5) is 48.4. The number of thioether (sulfide) groups is 1. The molecule has 3 aliphatic heterocycles. The summed E-state index contributed by atoms with van der Waals surface area (Å²) in [5, 5.41) is 9.33. The van der Waals surface area contributed by atoms with Crippen LogP contribution in [-0.2, 0) is 20.9 Å². The Bertz CT molecular complexity index is 1130. The normalized spacial score (nSPS) is 28.9. The summed E-state index contributed by atoms with van der Waals surface area (Å²) in [6, 6.07) is 9.15. The summed E-state index contributed by atoms with van der Waals surface area (Å²) in [5.74, 6) is -1.40. The number of alkyl halides is 1. The number of unbranched alkanes of at least 4 members (excludes halogenated alkanes) is 1. The number of fused-ring (bicyclic) bond motifs is 1. The molecule has 3 fully saturated rings. The number of benzene rings is 1. The second kappa shape index (κ2) is 12.4. The molecule has 3 unspecified atom stereocenters. The van der Waals surface area contributed by atoms with E-state index in [1.165, 1.54) is 0 Å². The number of hydrogen-bond donors (Lipinski definition) is 1. The van der Waals surface area contributed by atoms with Crippen LogP contribution >= 0.6 is 27.7 Å². The summed E-state index contributed by atoms with van der Waals surface area (Å²) in [6.07, 6.45) is 5.22. The van der Waals surface area contributed by atoms with E-state index in [-0.39, 0.29) is 34.4 Å². The van der Waals surface area contributed by atoms with Crippen molar-refractivity contribution in [3.63, 3.8) is 0 Å². The van der Waals surface area contributed by atoms with Crippen LogP contribution in [-0.4, -0.2) is 90.2 Å². The fourth-order valence-corrected chi connectivity index (χ4v) is 10.3. The van der Waals surface area contributed by atoms with Crippen LogP contribution in [0, 0.1) is 11.8 Å². The van der Waals surface area contributed by atoms with Gasteiger partial charge in [-0.25, -0.2) is 0 Å². The number of halogens is 1. The topological polar surface area (TPSA) is 81.2 Å². The van der Waals surface area contributed by atoms with Crippen LogP contribution in [0.5, 0.6) is 0 Å². The number of likely N-dealkylation sites (tertiary alicyclic amines) is 1. The van der Waals surface area contributed by atoms with Gasteiger partial charge in [0.1, 0.15) is 6.04 Å². The lowest BCUT2D eigenvalue weighted by molar-refractivity contribution is -0.146. The zero-order valence-corrected chi connectivity index (χ0v) is 26.2. The Hall–Kier alpha value is -2.10. The first kappa shape index (κ1) is 30.8. The molecule has 6 atom stereocenters. The van der Waals surface area contributed by atoms with Crippen molar-refractivity contribution >= 4 is 45.4 Å². The first-order valence-electron chi connectivity index (χ1n) is 14.1. The number of rotatable bonds is 12. The molecule has 4 rings (SSSR count). The number of aliphatic hydroxyl groups is 1. The predicted molar refractivity (Wildman–Crippen MR) is 164 cm³/mol. The highest BCUT2D eigenvalue weighted by Gasteiger charge is 2.76. The van der Waals surface area contributed by atoms with E-state index in [0.717, 1.165) is 5.56 Å². The van der Waals surface area contributed by atoms with Crippen LogP contribution in [0.15, 0.2) is 55.6 Å². The minimum Gasteiger partial charge on any atom is -0.396 e. The van der Waals surface area contributed by atoms with E-state index in [4.69, 9.17) is 0 Å². The van der Waals surface area contributed by atoms with E-state index in [2.05, 4.69) is 29.1 Å². The average molecular weight is 633 g/mol. The highest BCUT2D eigenvalue weighted by molar-refractivity contribution is 9.09. The number of carbonyl (C=O) groups is 3. The maximum atomic E-state index is 14.5. The molecule has 0 aromatic heterocycles. The van der Waals surface area contributed by atoms with Crippen molar-refractivity contribution < 1.29 is 19.5 Å². The average Bonchev–Trinajstić information content (AvgIpc) is 3.50. The Balaban J connectivity index is 1.75. The van der Waals surface area contributed by atoms with Crippen LogP contribution in [0.3, 0.4) is 0 Å². The third-order valence-corrected chi connectivity index (χ3v) is 11.6. The molecule has 0 aliphatic carbocycles. The van der Waals surface area contributed by atoms with Crippen molar-refractivity contribution in [2.45, 2.75) is 73.0 Å². The van der Waals surface area contributed by atoms with Gasteiger partial charge in [0, 0.05) is 48.4 Å². The van der Waals surface area contributed by atoms with Gasteiger partial charge in [0.05, 0.1) is 16.6 Å². The molecular formula is C31H42BrN3O4S. The van der Waals surface area contributed by atoms with Gasteiger partial charge in [0.2, 0.25) is 17.7 Å². The van der Waals surface area contributed by atoms with Crippen LogP contribution < -0.4 is 0 Å². The highest BCUT2D eigenvalue weighted by Crippen LogP contribution is 2.68. The van der Waals surface area contributed by atoms with Gasteiger partial charge in [-0.1, -0.05) is 58.4 Å². The number of aliphatic hydroxyl groups excluding tert-OH is 1. The van der Waals surface area contributed by atoms with Crippen LogP contribution in [0.25, 0.3) is 0 Å². The lowest BCUT2D eigenvalue weighted by Gasteiger charge is -2.42. The van der Waals surface area contributed by atoms with Gasteiger partial charge in [-0.15, -0.1) is 24.9 Å². The first-order valence-corrected chi connectivity index (χ1v) is 15.9. The number of nitrogens with zero attached hydrogens (tertiary/aromatic N) is 3. The Morgan fingerprint density at radius 3 is 2.42 bits per heavy atom. The van der Waals surface area contributed by atoms with Gasteiger partial charge in [-0.3, -0.25) is 14.4 Å². The molecular weight excluding hydrogens is 590 g/mol. The zero-order chi connectivity index (χ0) is 29.2. The van der Waals surface area contributed by atoms with E-state index in [1.807, 2.05) is 51.1 Å². The molecule has 7 nitrogen and oxygen atoms in total. The lowest BCUT2D eigenvalue weighted by Crippen LogP contribution is -2.59. The molecule has 0 radical (unpaired) electrons. The summed E-state index contributed by atoms with van der Waals surface area (Å²) in [7, 11) is 0. The van der Waals surface area contributed by atoms with Gasteiger partial charge in [0.15, 0.2) is 0 Å². The minimum atomic E-state index is -0.705. The molecule has 1 spiro atoms. The fraction of sp³-hybridized carbons (Fsp3) is 0.581. The standard InChI is InChI=1S/C31H42BrN3O4S/c1-6-15-33(20-21-13-9-8-10-14-21)27(37)23-24-28(38)34(17-11-12-18-36)26(31(24)19-22(32)25(23)40-31)29(39)35(16-7-2)30(3,4)5/h6-10,13-14,22-26,36H,1-2,11-12,15-20H2,3-5H3/t22?,23-,24+,25-,26?,31?/m1/s1. The molecule has 3 heterocycles. The SMILES string of the molecule is C=CCN(Cc1ccccc1)C(=O)[C@H]1[C@@H]2SC3(CC2Br)C(C(=O)N(CC=C)C(C)(C)C)N(CCCCO)C(=O)[C@H]13. The second-order valence-electron chi connectivity index (χ2n) is 12.0. The van der Waals surface area contributed by atoms with Crippen molar-refractivity contribution in [2.75, 3.05) is 26.2 Å². The zero-order valence-electron chi connectivity index (χ0n) is 23.8. The van der Waals surface area contributed by atoms with E-state index >= 15 is 0 Å². The minimum absolute atomic E-state index is 0.00740. The molecule has 3 amide bonds. The van der Waals surface area contributed by atoms with Crippen LogP contribution in [0.1, 0.15) is 45.6 Å². The van der Waals surface area contributed by atoms with Gasteiger partial charge < -0.3 is 19.8 Å². The Morgan fingerprint density at radius 1 is 1.15 bits per heavy atom. The molecule has 3 aliphatic rings. The van der Waals surface area contributed by atoms with Crippen LogP contribution in [0.2, 0.25) is 0 Å². The smallest absolute Gasteiger partial charge is 0.247 e. The number of hydrogen-bond acceptors (Lipinski definition) is 5. The number of carbonyl (C=O) groups excluding carboxylic acids is 3. The van der Waals surface area contributed by atoms with Gasteiger partial charge in [-0.05, 0) is 45.6 Å². The predicted octanol–water partition coefficient (Wildman–Crippen LogP) is 4.25. The molecule has 0 saturated carbocycles. The van der Waals surface area contributed by atoms with Crippen molar-refractivity contribution in [1.82, 2.24) is 14.7 Å². The largest absolute Gasteiger partial charge is 0.396 e. The molecule has 2 bridgehead atoms. The molecule has 1 aromatic rings. The lowest BCUT2D eigenvalue weighted by atomic mass is 9.70. The fourth-order valence-electron chi connectivity index (χ4n) is 6.70. The van der Waals surface area contributed by atoms with Gasteiger partial charge in [0.25, 0.3) is 0 Å². The third kappa shape index (κ3) is 5.53. The van der Waals surface area contributed by atoms with Crippen molar-refractivity contribution in [1.29, 1.82) is 0 Å². The summed E-state index contributed by atoms with van der Waals surface area (Å²) >= 11 is 5.52. The van der Waals surface area contributed by atoms with Gasteiger partial charge >= 0.3 is 0 Å². The Morgan fingerprint density at radius 2 is 1.82 bits per heavy atom. The molecule has 218 valence electrons. The number of amides is 3. The molecule has 1 N–H and O–H groups in total.